The first kappa shape index (κ1) is 18.9. The molecule has 2 aromatic heterocycles. The van der Waals surface area contributed by atoms with Crippen LogP contribution in [0.25, 0.3) is 11.0 Å². The van der Waals surface area contributed by atoms with Crippen LogP contribution in [0.4, 0.5) is 23.5 Å². The SMILES string of the molecule is CCCNc1nc(NC)c2nc(N(C)CCN(C)C)nc(NC)c2n1. The van der Waals surface area contributed by atoms with E-state index >= 15 is 0 Å². The van der Waals surface area contributed by atoms with E-state index in [0.29, 0.717) is 34.6 Å². The highest BCUT2D eigenvalue weighted by molar-refractivity contribution is 5.94. The number of hydrogen-bond donors (Lipinski definition) is 3. The minimum Gasteiger partial charge on any atom is -0.371 e. The first-order valence-electron chi connectivity index (χ1n) is 8.55. The van der Waals surface area contributed by atoms with Crippen LogP contribution in [-0.2, 0) is 0 Å². The van der Waals surface area contributed by atoms with Gasteiger partial charge in [0.25, 0.3) is 0 Å². The van der Waals surface area contributed by atoms with Crippen molar-refractivity contribution >= 4 is 34.6 Å². The van der Waals surface area contributed by atoms with Gasteiger partial charge < -0.3 is 25.8 Å². The number of rotatable bonds is 9. The normalized spacial score (nSPS) is 11.0. The summed E-state index contributed by atoms with van der Waals surface area (Å²) in [5.41, 5.74) is 1.40. The summed E-state index contributed by atoms with van der Waals surface area (Å²) in [5.74, 6) is 2.60. The lowest BCUT2D eigenvalue weighted by Crippen LogP contribution is -2.29. The fraction of sp³-hybridized carbons (Fsp3) is 0.625. The predicted octanol–water partition coefficient (Wildman–Crippen LogP) is 1.32. The number of anilines is 4. The van der Waals surface area contributed by atoms with Crippen LogP contribution in [0.15, 0.2) is 0 Å². The number of fused-ring (bicyclic) bond motifs is 1. The van der Waals surface area contributed by atoms with Crippen molar-refractivity contribution in [1.29, 1.82) is 0 Å². The molecular formula is C16H29N9. The molecule has 0 radical (unpaired) electrons. The summed E-state index contributed by atoms with van der Waals surface area (Å²) in [6, 6.07) is 0. The number of nitrogens with one attached hydrogen (secondary N) is 3. The third kappa shape index (κ3) is 4.56. The van der Waals surface area contributed by atoms with Crippen LogP contribution in [0.1, 0.15) is 13.3 Å². The molecule has 0 aliphatic heterocycles. The van der Waals surface area contributed by atoms with E-state index in [1.54, 1.807) is 0 Å². The van der Waals surface area contributed by atoms with Crippen molar-refractivity contribution in [3.8, 4) is 0 Å². The van der Waals surface area contributed by atoms with Crippen molar-refractivity contribution < 1.29 is 0 Å². The summed E-state index contributed by atoms with van der Waals surface area (Å²) in [6.07, 6.45) is 1.00. The van der Waals surface area contributed by atoms with Gasteiger partial charge in [0.2, 0.25) is 11.9 Å². The molecule has 138 valence electrons. The molecular weight excluding hydrogens is 318 g/mol. The smallest absolute Gasteiger partial charge is 0.227 e. The highest BCUT2D eigenvalue weighted by Gasteiger charge is 2.16. The zero-order valence-corrected chi connectivity index (χ0v) is 16.0. The Balaban J connectivity index is 2.48. The van der Waals surface area contributed by atoms with Crippen LogP contribution in [0.3, 0.4) is 0 Å². The second kappa shape index (κ2) is 8.61. The molecule has 0 saturated carbocycles. The zero-order chi connectivity index (χ0) is 18.4. The molecule has 0 unspecified atom stereocenters. The fourth-order valence-electron chi connectivity index (χ4n) is 2.29. The third-order valence-corrected chi connectivity index (χ3v) is 3.76. The molecule has 2 rings (SSSR count). The molecule has 9 heteroatoms. The van der Waals surface area contributed by atoms with Gasteiger partial charge in [0.05, 0.1) is 0 Å². The Morgan fingerprint density at radius 1 is 0.840 bits per heavy atom. The van der Waals surface area contributed by atoms with Crippen LogP contribution >= 0.6 is 0 Å². The van der Waals surface area contributed by atoms with Gasteiger partial charge in [-0.2, -0.15) is 9.97 Å². The highest BCUT2D eigenvalue weighted by Crippen LogP contribution is 2.27. The zero-order valence-electron chi connectivity index (χ0n) is 16.0. The topological polar surface area (TPSA) is 94.1 Å². The van der Waals surface area contributed by atoms with E-state index in [2.05, 4.69) is 42.7 Å². The van der Waals surface area contributed by atoms with Gasteiger partial charge in [-0.25, -0.2) is 9.97 Å². The van der Waals surface area contributed by atoms with Gasteiger partial charge in [-0.05, 0) is 20.5 Å². The Kier molecular flexibility index (Phi) is 6.51. The average molecular weight is 347 g/mol. The number of nitrogens with zero attached hydrogens (tertiary/aromatic N) is 6. The lowest BCUT2D eigenvalue weighted by atomic mass is 10.3. The van der Waals surface area contributed by atoms with E-state index in [0.717, 1.165) is 26.1 Å². The van der Waals surface area contributed by atoms with Crippen molar-refractivity contribution in [2.75, 3.05) is 75.7 Å². The monoisotopic (exact) mass is 347 g/mol. The molecule has 0 atom stereocenters. The Morgan fingerprint density at radius 3 is 2.08 bits per heavy atom. The molecule has 0 aromatic carbocycles. The van der Waals surface area contributed by atoms with Crippen molar-refractivity contribution in [3.05, 3.63) is 0 Å². The minimum absolute atomic E-state index is 0.576. The molecule has 9 nitrogen and oxygen atoms in total. The first-order valence-corrected chi connectivity index (χ1v) is 8.55. The lowest BCUT2D eigenvalue weighted by molar-refractivity contribution is 0.416. The molecule has 25 heavy (non-hydrogen) atoms. The minimum atomic E-state index is 0.576. The summed E-state index contributed by atoms with van der Waals surface area (Å²) < 4.78 is 0. The maximum atomic E-state index is 4.69. The van der Waals surface area contributed by atoms with E-state index in [4.69, 9.17) is 4.98 Å². The van der Waals surface area contributed by atoms with Gasteiger partial charge in [0.1, 0.15) is 11.0 Å². The van der Waals surface area contributed by atoms with E-state index in [-0.39, 0.29) is 0 Å². The van der Waals surface area contributed by atoms with Crippen molar-refractivity contribution in [1.82, 2.24) is 24.8 Å². The van der Waals surface area contributed by atoms with Crippen LogP contribution in [-0.4, -0.2) is 79.7 Å². The maximum absolute atomic E-state index is 4.69. The van der Waals surface area contributed by atoms with Gasteiger partial charge >= 0.3 is 0 Å². The largest absolute Gasteiger partial charge is 0.371 e. The summed E-state index contributed by atoms with van der Waals surface area (Å²) in [5, 5.41) is 9.47. The van der Waals surface area contributed by atoms with Crippen LogP contribution in [0.5, 0.6) is 0 Å². The number of likely N-dealkylation sites (N-methyl/N-ethyl adjacent to an activating group) is 2. The summed E-state index contributed by atoms with van der Waals surface area (Å²) >= 11 is 0. The van der Waals surface area contributed by atoms with Crippen LogP contribution in [0.2, 0.25) is 0 Å². The second-order valence-corrected chi connectivity index (χ2v) is 6.12. The van der Waals surface area contributed by atoms with E-state index in [9.17, 15) is 0 Å². The Hall–Kier alpha value is -2.42. The predicted molar refractivity (Wildman–Crippen MR) is 105 cm³/mol. The summed E-state index contributed by atoms with van der Waals surface area (Å²) in [4.78, 5) is 22.6. The van der Waals surface area contributed by atoms with E-state index in [1.807, 2.05) is 40.1 Å². The Bertz CT molecular complexity index is 702. The van der Waals surface area contributed by atoms with Gasteiger partial charge in [-0.3, -0.25) is 0 Å². The average Bonchev–Trinajstić information content (AvgIpc) is 2.62. The number of aromatic nitrogens is 4. The molecule has 0 aliphatic rings. The molecule has 0 saturated heterocycles. The molecule has 0 fully saturated rings. The molecule has 2 aromatic rings. The lowest BCUT2D eigenvalue weighted by Gasteiger charge is -2.21. The van der Waals surface area contributed by atoms with Crippen molar-refractivity contribution in [2.45, 2.75) is 13.3 Å². The molecule has 0 bridgehead atoms. The first-order chi connectivity index (χ1) is 12.0. The quantitative estimate of drug-likeness (QED) is 0.621. The van der Waals surface area contributed by atoms with Gasteiger partial charge in [0, 0.05) is 40.8 Å². The van der Waals surface area contributed by atoms with Crippen molar-refractivity contribution in [2.24, 2.45) is 0 Å². The Morgan fingerprint density at radius 2 is 1.48 bits per heavy atom. The van der Waals surface area contributed by atoms with Crippen LogP contribution in [0, 0.1) is 0 Å². The van der Waals surface area contributed by atoms with Crippen LogP contribution < -0.4 is 20.9 Å². The third-order valence-electron chi connectivity index (χ3n) is 3.76. The maximum Gasteiger partial charge on any atom is 0.227 e. The van der Waals surface area contributed by atoms with Gasteiger partial charge in [-0.1, -0.05) is 6.92 Å². The standard InChI is InChI=1S/C16H29N9/c1-7-8-19-15-20-11-12(13(17-2)22-15)21-16(23-14(11)18-3)25(6)10-9-24(4)5/h7-10H2,1-6H3,(H,18,21,23)(H2,17,19,20,22). The molecule has 0 amide bonds. The molecule has 0 spiro atoms. The fourth-order valence-corrected chi connectivity index (χ4v) is 2.29. The number of hydrogen-bond acceptors (Lipinski definition) is 9. The Labute approximate surface area is 149 Å². The molecule has 0 aliphatic carbocycles. The molecule has 3 N–H and O–H groups in total. The highest BCUT2D eigenvalue weighted by atomic mass is 15.3. The van der Waals surface area contributed by atoms with E-state index < -0.39 is 0 Å². The van der Waals surface area contributed by atoms with Gasteiger partial charge in [0.15, 0.2) is 11.6 Å². The van der Waals surface area contributed by atoms with Crippen molar-refractivity contribution in [3.63, 3.8) is 0 Å². The molecule has 2 heterocycles. The van der Waals surface area contributed by atoms with E-state index in [1.165, 1.54) is 0 Å². The second-order valence-electron chi connectivity index (χ2n) is 6.12. The summed E-state index contributed by atoms with van der Waals surface area (Å²) in [7, 11) is 9.76. The summed E-state index contributed by atoms with van der Waals surface area (Å²) in [6.45, 7) is 4.66. The van der Waals surface area contributed by atoms with Gasteiger partial charge in [-0.15, -0.1) is 0 Å².